The molecule has 0 spiro atoms. The average Bonchev–Trinajstić information content (AvgIpc) is 3.15. The minimum absolute atomic E-state index is 0.214. The average molecular weight is 332 g/mol. The molecule has 0 saturated carbocycles. The van der Waals surface area contributed by atoms with Crippen LogP contribution in [0.3, 0.4) is 0 Å². The van der Waals surface area contributed by atoms with E-state index in [9.17, 15) is 0 Å². The third-order valence-electron chi connectivity index (χ3n) is 4.26. The van der Waals surface area contributed by atoms with Crippen molar-refractivity contribution >= 4 is 0 Å². The standard InChI is InChI=1S/C19H28N2O3/c1-5-21(6-2)16(17-11-8-12-24-17)14-20-13-15-9-7-10-18(22-3)19(15)23-4/h7-12,16,20H,5-6,13-14H2,1-4H3. The van der Waals surface area contributed by atoms with Crippen molar-refractivity contribution in [2.24, 2.45) is 0 Å². The van der Waals surface area contributed by atoms with Gasteiger partial charge >= 0.3 is 0 Å². The molecular weight excluding hydrogens is 304 g/mol. The molecular formula is C19H28N2O3. The van der Waals surface area contributed by atoms with E-state index in [1.165, 1.54) is 0 Å². The highest BCUT2D eigenvalue weighted by Crippen LogP contribution is 2.30. The van der Waals surface area contributed by atoms with E-state index in [0.29, 0.717) is 6.54 Å². The Morgan fingerprint density at radius 1 is 1.08 bits per heavy atom. The lowest BCUT2D eigenvalue weighted by molar-refractivity contribution is 0.187. The van der Waals surface area contributed by atoms with Crippen molar-refractivity contribution in [2.45, 2.75) is 26.4 Å². The Morgan fingerprint density at radius 2 is 1.88 bits per heavy atom. The molecule has 0 bridgehead atoms. The second kappa shape index (κ2) is 9.35. The van der Waals surface area contributed by atoms with E-state index >= 15 is 0 Å². The molecule has 5 nitrogen and oxygen atoms in total. The molecule has 1 atom stereocenters. The molecule has 1 N–H and O–H groups in total. The summed E-state index contributed by atoms with van der Waals surface area (Å²) >= 11 is 0. The van der Waals surface area contributed by atoms with Gasteiger partial charge in [0.1, 0.15) is 5.76 Å². The molecule has 1 aromatic carbocycles. The zero-order valence-corrected chi connectivity index (χ0v) is 15.0. The lowest BCUT2D eigenvalue weighted by atomic mass is 10.1. The Morgan fingerprint density at radius 3 is 2.46 bits per heavy atom. The van der Waals surface area contributed by atoms with Crippen LogP contribution < -0.4 is 14.8 Å². The molecule has 5 heteroatoms. The molecule has 2 rings (SSSR count). The summed E-state index contributed by atoms with van der Waals surface area (Å²) in [7, 11) is 3.32. The Labute approximate surface area is 144 Å². The Hall–Kier alpha value is -1.98. The van der Waals surface area contributed by atoms with Crippen LogP contribution in [0, 0.1) is 0 Å². The van der Waals surface area contributed by atoms with Gasteiger partial charge in [0.25, 0.3) is 0 Å². The molecule has 1 aromatic heterocycles. The molecule has 1 heterocycles. The Kier molecular flexibility index (Phi) is 7.15. The van der Waals surface area contributed by atoms with Crippen molar-refractivity contribution in [3.05, 3.63) is 47.9 Å². The highest BCUT2D eigenvalue weighted by Gasteiger charge is 2.20. The van der Waals surface area contributed by atoms with Gasteiger partial charge in [0.15, 0.2) is 11.5 Å². The highest BCUT2D eigenvalue weighted by molar-refractivity contribution is 5.46. The monoisotopic (exact) mass is 332 g/mol. The maximum absolute atomic E-state index is 5.64. The van der Waals surface area contributed by atoms with Crippen LogP contribution in [0.25, 0.3) is 0 Å². The van der Waals surface area contributed by atoms with Crippen LogP contribution in [0.4, 0.5) is 0 Å². The third-order valence-corrected chi connectivity index (χ3v) is 4.26. The summed E-state index contributed by atoms with van der Waals surface area (Å²) in [5, 5.41) is 3.53. The van der Waals surface area contributed by atoms with Gasteiger partial charge in [-0.2, -0.15) is 0 Å². The van der Waals surface area contributed by atoms with E-state index in [-0.39, 0.29) is 6.04 Å². The molecule has 24 heavy (non-hydrogen) atoms. The molecule has 0 amide bonds. The van der Waals surface area contributed by atoms with Gasteiger partial charge in [-0.25, -0.2) is 0 Å². The van der Waals surface area contributed by atoms with E-state index in [1.54, 1.807) is 20.5 Å². The number of rotatable bonds is 10. The van der Waals surface area contributed by atoms with Gasteiger partial charge in [-0.3, -0.25) is 4.90 Å². The second-order valence-corrected chi connectivity index (χ2v) is 5.54. The number of benzene rings is 1. The smallest absolute Gasteiger partial charge is 0.165 e. The minimum Gasteiger partial charge on any atom is -0.493 e. The van der Waals surface area contributed by atoms with Crippen molar-refractivity contribution < 1.29 is 13.9 Å². The fraction of sp³-hybridized carbons (Fsp3) is 0.474. The summed E-state index contributed by atoms with van der Waals surface area (Å²) in [6.07, 6.45) is 1.73. The Bertz CT molecular complexity index is 595. The molecule has 0 radical (unpaired) electrons. The third kappa shape index (κ3) is 4.30. The van der Waals surface area contributed by atoms with Gasteiger partial charge in [-0.15, -0.1) is 0 Å². The lowest BCUT2D eigenvalue weighted by Gasteiger charge is -2.28. The first kappa shape index (κ1) is 18.4. The summed E-state index contributed by atoms with van der Waals surface area (Å²) in [6.45, 7) is 7.81. The number of likely N-dealkylation sites (N-methyl/N-ethyl adjacent to an activating group) is 1. The lowest BCUT2D eigenvalue weighted by Crippen LogP contribution is -2.35. The van der Waals surface area contributed by atoms with Crippen LogP contribution in [0.2, 0.25) is 0 Å². The number of nitrogens with one attached hydrogen (secondary N) is 1. The fourth-order valence-corrected chi connectivity index (χ4v) is 2.99. The van der Waals surface area contributed by atoms with Crippen LogP contribution in [0.1, 0.15) is 31.2 Å². The van der Waals surface area contributed by atoms with Crippen LogP contribution in [0.5, 0.6) is 11.5 Å². The first-order chi connectivity index (χ1) is 11.7. The van der Waals surface area contributed by atoms with Crippen molar-refractivity contribution in [3.63, 3.8) is 0 Å². The zero-order chi connectivity index (χ0) is 17.4. The zero-order valence-electron chi connectivity index (χ0n) is 15.0. The molecule has 0 aliphatic carbocycles. The van der Waals surface area contributed by atoms with Crippen molar-refractivity contribution in [1.82, 2.24) is 10.2 Å². The highest BCUT2D eigenvalue weighted by atomic mass is 16.5. The maximum atomic E-state index is 5.64. The van der Waals surface area contributed by atoms with Gasteiger partial charge < -0.3 is 19.2 Å². The van der Waals surface area contributed by atoms with Gasteiger partial charge in [-0.05, 0) is 31.3 Å². The van der Waals surface area contributed by atoms with E-state index in [0.717, 1.165) is 42.5 Å². The normalized spacial score (nSPS) is 12.4. The van der Waals surface area contributed by atoms with Crippen LogP contribution in [-0.2, 0) is 6.54 Å². The number of hydrogen-bond acceptors (Lipinski definition) is 5. The molecule has 1 unspecified atom stereocenters. The van der Waals surface area contributed by atoms with E-state index in [2.05, 4.69) is 24.1 Å². The summed E-state index contributed by atoms with van der Waals surface area (Å²) < 4.78 is 16.5. The van der Waals surface area contributed by atoms with Crippen molar-refractivity contribution in [1.29, 1.82) is 0 Å². The SMILES string of the molecule is CCN(CC)C(CNCc1cccc(OC)c1OC)c1ccco1. The van der Waals surface area contributed by atoms with Gasteiger partial charge in [0.2, 0.25) is 0 Å². The predicted molar refractivity (Wildman–Crippen MR) is 95.6 cm³/mol. The van der Waals surface area contributed by atoms with Crippen molar-refractivity contribution in [2.75, 3.05) is 33.9 Å². The fourth-order valence-electron chi connectivity index (χ4n) is 2.99. The maximum Gasteiger partial charge on any atom is 0.165 e. The van der Waals surface area contributed by atoms with Crippen LogP contribution >= 0.6 is 0 Å². The molecule has 2 aromatic rings. The molecule has 0 saturated heterocycles. The van der Waals surface area contributed by atoms with E-state index in [1.807, 2.05) is 30.3 Å². The minimum atomic E-state index is 0.214. The van der Waals surface area contributed by atoms with Crippen molar-refractivity contribution in [3.8, 4) is 11.5 Å². The van der Waals surface area contributed by atoms with Crippen LogP contribution in [-0.4, -0.2) is 38.8 Å². The first-order valence-electron chi connectivity index (χ1n) is 8.43. The largest absolute Gasteiger partial charge is 0.493 e. The number of nitrogens with zero attached hydrogens (tertiary/aromatic N) is 1. The summed E-state index contributed by atoms with van der Waals surface area (Å²) in [4.78, 5) is 2.38. The van der Waals surface area contributed by atoms with Gasteiger partial charge in [0.05, 0.1) is 26.5 Å². The summed E-state index contributed by atoms with van der Waals surface area (Å²) in [5.74, 6) is 2.52. The first-order valence-corrected chi connectivity index (χ1v) is 8.43. The molecule has 132 valence electrons. The van der Waals surface area contributed by atoms with E-state index < -0.39 is 0 Å². The summed E-state index contributed by atoms with van der Waals surface area (Å²) in [6, 6.07) is 10.1. The quantitative estimate of drug-likeness (QED) is 0.722. The molecule has 0 aliphatic heterocycles. The number of methoxy groups -OCH3 is 2. The number of para-hydroxylation sites is 1. The van der Waals surface area contributed by atoms with E-state index in [4.69, 9.17) is 13.9 Å². The number of ether oxygens (including phenoxy) is 2. The van der Waals surface area contributed by atoms with Gasteiger partial charge in [0, 0.05) is 18.7 Å². The number of furan rings is 1. The van der Waals surface area contributed by atoms with Crippen LogP contribution in [0.15, 0.2) is 41.0 Å². The van der Waals surface area contributed by atoms with Gasteiger partial charge in [-0.1, -0.05) is 26.0 Å². The predicted octanol–water partition coefficient (Wildman–Crippen LogP) is 3.47. The Balaban J connectivity index is 2.05. The topological polar surface area (TPSA) is 46.9 Å². The summed E-state index contributed by atoms with van der Waals surface area (Å²) in [5.41, 5.74) is 1.08. The number of hydrogen-bond donors (Lipinski definition) is 1. The molecule has 0 fully saturated rings. The second-order valence-electron chi connectivity index (χ2n) is 5.54. The molecule has 0 aliphatic rings.